The summed E-state index contributed by atoms with van der Waals surface area (Å²) in [5.74, 6) is 0.464. The van der Waals surface area contributed by atoms with E-state index in [2.05, 4.69) is 4.18 Å². The Hall–Kier alpha value is -1.78. The van der Waals surface area contributed by atoms with Crippen LogP contribution in [0, 0.1) is 0 Å². The molecule has 0 saturated carbocycles. The Morgan fingerprint density at radius 3 is 2.60 bits per heavy atom. The largest absolute Gasteiger partial charge is 0.726 e. The highest BCUT2D eigenvalue weighted by Crippen LogP contribution is 2.19. The zero-order valence-electron chi connectivity index (χ0n) is 14.9. The van der Waals surface area contributed by atoms with E-state index in [1.807, 2.05) is 25.5 Å². The molecule has 1 atom stereocenters. The maximum Gasteiger partial charge on any atom is 0.352 e. The molecule has 2 heterocycles. The smallest absolute Gasteiger partial charge is 0.352 e. The van der Waals surface area contributed by atoms with Gasteiger partial charge >= 0.3 is 11.5 Å². The summed E-state index contributed by atoms with van der Waals surface area (Å²) in [6.45, 7) is 4.29. The predicted octanol–water partition coefficient (Wildman–Crippen LogP) is 0.230. The zero-order chi connectivity index (χ0) is 19.2. The first-order valence-electron chi connectivity index (χ1n) is 7.95. The van der Waals surface area contributed by atoms with E-state index in [0.29, 0.717) is 6.61 Å². The van der Waals surface area contributed by atoms with E-state index in [1.54, 1.807) is 10.8 Å². The van der Waals surface area contributed by atoms with Gasteiger partial charge in [-0.15, -0.1) is 0 Å². The number of aryl methyl sites for hydroxylation is 1. The van der Waals surface area contributed by atoms with Crippen LogP contribution in [0.3, 0.4) is 0 Å². The molecule has 1 aliphatic rings. The number of rotatable bonds is 4. The van der Waals surface area contributed by atoms with Gasteiger partial charge in [0.15, 0.2) is 5.56 Å². The van der Waals surface area contributed by atoms with Gasteiger partial charge in [0.2, 0.25) is 10.4 Å². The monoisotopic (exact) mass is 376 g/mol. The Morgan fingerprint density at radius 1 is 1.48 bits per heavy atom. The van der Waals surface area contributed by atoms with E-state index in [0.717, 1.165) is 38.6 Å². The van der Waals surface area contributed by atoms with Crippen molar-refractivity contribution in [3.8, 4) is 0 Å². The molecule has 25 heavy (non-hydrogen) atoms. The summed E-state index contributed by atoms with van der Waals surface area (Å²) in [4.78, 5) is 24.3. The molecule has 0 aliphatic carbocycles. The average Bonchev–Trinajstić information content (AvgIpc) is 2.55. The Balaban J connectivity index is 0.000000450. The first-order chi connectivity index (χ1) is 11.6. The molecule has 0 N–H and O–H groups in total. The number of hydrogen-bond acceptors (Lipinski definition) is 7. The number of hydrogen-bond donors (Lipinski definition) is 0. The second-order valence-electron chi connectivity index (χ2n) is 5.70. The number of carbonyl (C=O) groups is 1. The molecule has 0 saturated heterocycles. The van der Waals surface area contributed by atoms with Crippen molar-refractivity contribution >= 4 is 16.4 Å². The summed E-state index contributed by atoms with van der Waals surface area (Å²) in [6, 6.07) is 0.140. The molecule has 1 unspecified atom stereocenters. The van der Waals surface area contributed by atoms with Crippen molar-refractivity contribution in [3.63, 3.8) is 0 Å². The quantitative estimate of drug-likeness (QED) is 0.319. The molecule has 0 radical (unpaired) electrons. The van der Waals surface area contributed by atoms with Crippen LogP contribution in [-0.4, -0.2) is 37.2 Å². The van der Waals surface area contributed by atoms with E-state index in [9.17, 15) is 22.6 Å². The number of fused-ring (bicyclic) bond motifs is 1. The first kappa shape index (κ1) is 21.3. The SMILES string of the molecule is CCCOC(=O)c1c[n+](C)c2n(c1=O)C(C)CCC2.COS(=O)(=O)[O-]. The molecule has 9 nitrogen and oxygen atoms in total. The van der Waals surface area contributed by atoms with Gasteiger partial charge < -0.3 is 9.29 Å². The van der Waals surface area contributed by atoms with E-state index in [-0.39, 0.29) is 17.2 Å². The van der Waals surface area contributed by atoms with Gasteiger partial charge in [-0.2, -0.15) is 4.57 Å². The minimum atomic E-state index is -4.41. The zero-order valence-corrected chi connectivity index (χ0v) is 15.7. The molecular formula is C15H24N2O7S. The second-order valence-corrected chi connectivity index (χ2v) is 6.85. The van der Waals surface area contributed by atoms with Gasteiger partial charge in [-0.1, -0.05) is 6.92 Å². The standard InChI is InChI=1S/C14H21N2O3.CH4O4S/c1-4-8-19-14(18)11-9-15(3)12-7-5-6-10(2)16(12)13(11)17;1-5-6(2,3)4/h9-10H,4-8H2,1-3H3;1H3,(H,2,3,4)/q+1;/p-1. The highest BCUT2D eigenvalue weighted by molar-refractivity contribution is 7.80. The van der Waals surface area contributed by atoms with Crippen molar-refractivity contribution in [1.82, 2.24) is 4.57 Å². The van der Waals surface area contributed by atoms with Crippen LogP contribution in [0.4, 0.5) is 0 Å². The van der Waals surface area contributed by atoms with Crippen molar-refractivity contribution in [2.45, 2.75) is 45.6 Å². The molecular weight excluding hydrogens is 352 g/mol. The summed E-state index contributed by atoms with van der Waals surface area (Å²) < 4.78 is 39.7. The molecule has 1 aromatic heterocycles. The van der Waals surface area contributed by atoms with E-state index in [4.69, 9.17) is 4.74 Å². The third-order valence-corrected chi connectivity index (χ3v) is 4.19. The van der Waals surface area contributed by atoms with Crippen molar-refractivity contribution in [2.75, 3.05) is 13.7 Å². The highest BCUT2D eigenvalue weighted by atomic mass is 32.3. The van der Waals surface area contributed by atoms with Gasteiger partial charge in [-0.3, -0.25) is 4.18 Å². The third-order valence-electron chi connectivity index (χ3n) is 3.78. The molecule has 1 aliphatic heterocycles. The third kappa shape index (κ3) is 5.91. The Bertz CT molecular complexity index is 771. The number of nitrogens with zero attached hydrogens (tertiary/aromatic N) is 2. The average molecular weight is 376 g/mol. The van der Waals surface area contributed by atoms with Gasteiger partial charge in [0.25, 0.3) is 5.82 Å². The molecule has 0 amide bonds. The summed E-state index contributed by atoms with van der Waals surface area (Å²) in [5.41, 5.74) is -0.0881. The minimum absolute atomic E-state index is 0.133. The lowest BCUT2D eigenvalue weighted by Crippen LogP contribution is -2.48. The van der Waals surface area contributed by atoms with Crippen LogP contribution >= 0.6 is 0 Å². The fraction of sp³-hybridized carbons (Fsp3) is 0.667. The number of aromatic nitrogens is 2. The van der Waals surface area contributed by atoms with Crippen LogP contribution in [0.15, 0.2) is 11.0 Å². The van der Waals surface area contributed by atoms with E-state index >= 15 is 0 Å². The lowest BCUT2D eigenvalue weighted by Gasteiger charge is -2.19. The van der Waals surface area contributed by atoms with E-state index in [1.165, 1.54) is 0 Å². The molecule has 10 heteroatoms. The summed E-state index contributed by atoms with van der Waals surface area (Å²) >= 11 is 0. The topological polar surface area (TPSA) is 119 Å². The van der Waals surface area contributed by atoms with Crippen LogP contribution in [0.5, 0.6) is 0 Å². The number of esters is 1. The van der Waals surface area contributed by atoms with Crippen molar-refractivity contribution in [2.24, 2.45) is 7.05 Å². The molecule has 1 aromatic rings. The van der Waals surface area contributed by atoms with Gasteiger partial charge in [0.05, 0.1) is 20.8 Å². The fourth-order valence-electron chi connectivity index (χ4n) is 2.59. The maximum absolute atomic E-state index is 12.4. The Labute approximate surface area is 147 Å². The van der Waals surface area contributed by atoms with Crippen molar-refractivity contribution < 1.29 is 31.3 Å². The summed E-state index contributed by atoms with van der Waals surface area (Å²) in [5, 5.41) is 0. The lowest BCUT2D eigenvalue weighted by atomic mass is 10.0. The molecule has 2 rings (SSSR count). The van der Waals surface area contributed by atoms with Gasteiger partial charge in [0.1, 0.15) is 12.2 Å². The number of carbonyl (C=O) groups excluding carboxylic acids is 1. The molecule has 0 aromatic carbocycles. The number of ether oxygens (including phenoxy) is 1. The Morgan fingerprint density at radius 2 is 2.08 bits per heavy atom. The van der Waals surface area contributed by atoms with E-state index < -0.39 is 16.4 Å². The van der Waals surface area contributed by atoms with Crippen LogP contribution < -0.4 is 10.1 Å². The minimum Gasteiger partial charge on any atom is -0.726 e. The van der Waals surface area contributed by atoms with Gasteiger partial charge in [0, 0.05) is 6.42 Å². The predicted molar refractivity (Wildman–Crippen MR) is 86.8 cm³/mol. The van der Waals surface area contributed by atoms with Gasteiger partial charge in [-0.05, 0) is 26.2 Å². The summed E-state index contributed by atoms with van der Waals surface area (Å²) in [6.07, 6.45) is 5.28. The highest BCUT2D eigenvalue weighted by Gasteiger charge is 2.30. The Kier molecular flexibility index (Phi) is 7.71. The van der Waals surface area contributed by atoms with Crippen LogP contribution in [0.1, 0.15) is 55.3 Å². The van der Waals surface area contributed by atoms with Crippen LogP contribution in [0.2, 0.25) is 0 Å². The first-order valence-corrected chi connectivity index (χ1v) is 9.28. The molecule has 0 bridgehead atoms. The molecule has 0 fully saturated rings. The molecule has 0 spiro atoms. The lowest BCUT2D eigenvalue weighted by molar-refractivity contribution is -0.685. The maximum atomic E-state index is 12.4. The fourth-order valence-corrected chi connectivity index (χ4v) is 2.59. The van der Waals surface area contributed by atoms with Gasteiger partial charge in [-0.25, -0.2) is 22.6 Å². The second kappa shape index (κ2) is 9.07. The summed E-state index contributed by atoms with van der Waals surface area (Å²) in [7, 11) is -1.73. The van der Waals surface area contributed by atoms with Crippen molar-refractivity contribution in [1.29, 1.82) is 0 Å². The molecule has 142 valence electrons. The normalized spacial score (nSPS) is 16.4. The van der Waals surface area contributed by atoms with Crippen LogP contribution in [-0.2, 0) is 32.8 Å². The van der Waals surface area contributed by atoms with Crippen LogP contribution in [0.25, 0.3) is 0 Å². The van der Waals surface area contributed by atoms with Crippen molar-refractivity contribution in [3.05, 3.63) is 27.9 Å².